The zero-order chi connectivity index (χ0) is 17.0. The van der Waals surface area contributed by atoms with Crippen LogP contribution in [-0.2, 0) is 15.9 Å². The fraction of sp³-hybridized carbons (Fsp3) is 0.722. The van der Waals surface area contributed by atoms with Gasteiger partial charge in [0.2, 0.25) is 0 Å². The van der Waals surface area contributed by atoms with E-state index < -0.39 is 0 Å². The molecule has 6 heteroatoms. The lowest BCUT2D eigenvalue weighted by Gasteiger charge is -2.34. The third kappa shape index (κ3) is 6.53. The van der Waals surface area contributed by atoms with Crippen molar-refractivity contribution in [2.45, 2.75) is 38.7 Å². The third-order valence-corrected chi connectivity index (χ3v) is 4.12. The highest BCUT2D eigenvalue weighted by Crippen LogP contribution is 2.14. The third-order valence-electron chi connectivity index (χ3n) is 4.12. The summed E-state index contributed by atoms with van der Waals surface area (Å²) < 4.78 is 16.3. The van der Waals surface area contributed by atoms with Crippen molar-refractivity contribution < 1.29 is 13.9 Å². The molecular formula is C18H31N3O3. The Kier molecular flexibility index (Phi) is 8.70. The number of hydrogen-bond acceptors (Lipinski definition) is 4. The van der Waals surface area contributed by atoms with Gasteiger partial charge in [-0.3, -0.25) is 4.99 Å². The van der Waals surface area contributed by atoms with Gasteiger partial charge in [-0.15, -0.1) is 0 Å². The molecule has 0 atom stereocenters. The molecule has 2 rings (SSSR count). The van der Waals surface area contributed by atoms with Crippen LogP contribution in [0.15, 0.2) is 27.8 Å². The van der Waals surface area contributed by atoms with Gasteiger partial charge in [-0.05, 0) is 38.3 Å². The Morgan fingerprint density at radius 1 is 1.38 bits per heavy atom. The molecule has 0 aromatic carbocycles. The van der Waals surface area contributed by atoms with Gasteiger partial charge in [0.25, 0.3) is 0 Å². The van der Waals surface area contributed by atoms with Gasteiger partial charge in [0.05, 0.1) is 12.4 Å². The van der Waals surface area contributed by atoms with Crippen molar-refractivity contribution in [2.24, 2.45) is 4.99 Å². The van der Waals surface area contributed by atoms with Crippen LogP contribution in [0.2, 0.25) is 0 Å². The summed E-state index contributed by atoms with van der Waals surface area (Å²) in [5.74, 6) is 1.99. The number of rotatable bonds is 9. The van der Waals surface area contributed by atoms with Crippen molar-refractivity contribution in [1.82, 2.24) is 10.2 Å². The fourth-order valence-corrected chi connectivity index (χ4v) is 2.84. The first-order chi connectivity index (χ1) is 11.8. The smallest absolute Gasteiger partial charge is 0.193 e. The van der Waals surface area contributed by atoms with E-state index in [9.17, 15) is 0 Å². The van der Waals surface area contributed by atoms with Crippen LogP contribution in [0, 0.1) is 0 Å². The second-order valence-corrected chi connectivity index (χ2v) is 5.97. The lowest BCUT2D eigenvalue weighted by atomic mass is 10.1. The van der Waals surface area contributed by atoms with Gasteiger partial charge in [0, 0.05) is 52.9 Å². The fourth-order valence-electron chi connectivity index (χ4n) is 2.84. The highest BCUT2D eigenvalue weighted by Gasteiger charge is 2.21. The van der Waals surface area contributed by atoms with E-state index in [0.717, 1.165) is 76.8 Å². The van der Waals surface area contributed by atoms with Gasteiger partial charge < -0.3 is 24.1 Å². The number of furan rings is 1. The zero-order valence-corrected chi connectivity index (χ0v) is 15.0. The Bertz CT molecular complexity index is 454. The highest BCUT2D eigenvalue weighted by atomic mass is 16.5. The molecule has 1 aromatic rings. The molecule has 2 heterocycles. The van der Waals surface area contributed by atoms with E-state index in [1.807, 2.05) is 12.1 Å². The summed E-state index contributed by atoms with van der Waals surface area (Å²) in [6.45, 7) is 7.26. The van der Waals surface area contributed by atoms with Gasteiger partial charge >= 0.3 is 0 Å². The standard InChI is InChI=1S/C18H31N3O3/c1-3-19-18(20-10-7-16-6-4-14-23-16)21-11-8-17(9-12-21)24-15-5-13-22-2/h4,6,14,17H,3,5,7-13,15H2,1-2H3,(H,19,20). The number of ether oxygens (including phenoxy) is 2. The van der Waals surface area contributed by atoms with Crippen LogP contribution in [-0.4, -0.2) is 63.5 Å². The Balaban J connectivity index is 1.73. The Morgan fingerprint density at radius 2 is 2.21 bits per heavy atom. The molecule has 24 heavy (non-hydrogen) atoms. The largest absolute Gasteiger partial charge is 0.469 e. The van der Waals surface area contributed by atoms with Crippen molar-refractivity contribution in [3.05, 3.63) is 24.2 Å². The van der Waals surface area contributed by atoms with Crippen LogP contribution in [0.25, 0.3) is 0 Å². The van der Waals surface area contributed by atoms with Crippen LogP contribution in [0.1, 0.15) is 31.9 Å². The van der Waals surface area contributed by atoms with Crippen LogP contribution in [0.3, 0.4) is 0 Å². The lowest BCUT2D eigenvalue weighted by Crippen LogP contribution is -2.47. The summed E-state index contributed by atoms with van der Waals surface area (Å²) >= 11 is 0. The second-order valence-electron chi connectivity index (χ2n) is 5.97. The van der Waals surface area contributed by atoms with Crippen molar-refractivity contribution in [3.8, 4) is 0 Å². The summed E-state index contributed by atoms with van der Waals surface area (Å²) in [7, 11) is 1.73. The van der Waals surface area contributed by atoms with E-state index in [-0.39, 0.29) is 0 Å². The predicted molar refractivity (Wildman–Crippen MR) is 95.4 cm³/mol. The summed E-state index contributed by atoms with van der Waals surface area (Å²) in [6, 6.07) is 3.91. The monoisotopic (exact) mass is 337 g/mol. The van der Waals surface area contributed by atoms with Crippen molar-refractivity contribution in [1.29, 1.82) is 0 Å². The van der Waals surface area contributed by atoms with Gasteiger partial charge in [-0.1, -0.05) is 0 Å². The van der Waals surface area contributed by atoms with Crippen molar-refractivity contribution in [3.63, 3.8) is 0 Å². The maximum atomic E-state index is 5.92. The molecule has 0 saturated carbocycles. The summed E-state index contributed by atoms with van der Waals surface area (Å²) in [5.41, 5.74) is 0. The number of nitrogens with zero attached hydrogens (tertiary/aromatic N) is 2. The number of aliphatic imine (C=N–C) groups is 1. The molecule has 1 aromatic heterocycles. The topological polar surface area (TPSA) is 59.2 Å². The molecule has 0 aliphatic carbocycles. The zero-order valence-electron chi connectivity index (χ0n) is 15.0. The normalized spacial score (nSPS) is 16.6. The first-order valence-electron chi connectivity index (χ1n) is 8.99. The van der Waals surface area contributed by atoms with E-state index in [0.29, 0.717) is 6.10 Å². The average molecular weight is 337 g/mol. The number of methoxy groups -OCH3 is 1. The molecule has 1 aliphatic heterocycles. The molecule has 0 spiro atoms. The van der Waals surface area contributed by atoms with E-state index in [1.54, 1.807) is 13.4 Å². The van der Waals surface area contributed by atoms with Crippen molar-refractivity contribution >= 4 is 5.96 Å². The summed E-state index contributed by atoms with van der Waals surface area (Å²) in [4.78, 5) is 7.07. The highest BCUT2D eigenvalue weighted by molar-refractivity contribution is 5.80. The van der Waals surface area contributed by atoms with Crippen LogP contribution < -0.4 is 5.32 Å². The van der Waals surface area contributed by atoms with Gasteiger partial charge in [0.1, 0.15) is 5.76 Å². The maximum Gasteiger partial charge on any atom is 0.193 e. The van der Waals surface area contributed by atoms with Gasteiger partial charge in [-0.25, -0.2) is 0 Å². The molecule has 1 saturated heterocycles. The number of piperidine rings is 1. The number of nitrogens with one attached hydrogen (secondary N) is 1. The summed E-state index contributed by atoms with van der Waals surface area (Å²) in [6.07, 6.45) is 5.98. The average Bonchev–Trinajstić information content (AvgIpc) is 3.12. The second kappa shape index (κ2) is 11.1. The Hall–Kier alpha value is -1.53. The molecule has 136 valence electrons. The predicted octanol–water partition coefficient (Wildman–Crippen LogP) is 2.31. The minimum absolute atomic E-state index is 0.365. The van der Waals surface area contributed by atoms with Gasteiger partial charge in [-0.2, -0.15) is 0 Å². The first kappa shape index (κ1) is 18.8. The number of likely N-dealkylation sites (tertiary alicyclic amines) is 1. The van der Waals surface area contributed by atoms with Gasteiger partial charge in [0.15, 0.2) is 5.96 Å². The van der Waals surface area contributed by atoms with E-state index in [1.165, 1.54) is 0 Å². The van der Waals surface area contributed by atoms with Crippen molar-refractivity contribution in [2.75, 3.05) is 46.5 Å². The Labute approximate surface area is 145 Å². The van der Waals surface area contributed by atoms with E-state index in [4.69, 9.17) is 18.9 Å². The SMILES string of the molecule is CCNC(=NCCc1ccco1)N1CCC(OCCCOC)CC1. The van der Waals surface area contributed by atoms with E-state index >= 15 is 0 Å². The number of guanidine groups is 1. The first-order valence-corrected chi connectivity index (χ1v) is 8.99. The van der Waals surface area contributed by atoms with Crippen LogP contribution >= 0.6 is 0 Å². The molecule has 1 N–H and O–H groups in total. The molecule has 1 aliphatic rings. The Morgan fingerprint density at radius 3 is 2.88 bits per heavy atom. The molecule has 6 nitrogen and oxygen atoms in total. The lowest BCUT2D eigenvalue weighted by molar-refractivity contribution is 0.00991. The molecule has 1 fully saturated rings. The summed E-state index contributed by atoms with van der Waals surface area (Å²) in [5, 5.41) is 3.40. The number of hydrogen-bond donors (Lipinski definition) is 1. The van der Waals surface area contributed by atoms with Crippen LogP contribution in [0.5, 0.6) is 0 Å². The quantitative estimate of drug-likeness (QED) is 0.426. The minimum atomic E-state index is 0.365. The van der Waals surface area contributed by atoms with E-state index in [2.05, 4.69) is 17.1 Å². The van der Waals surface area contributed by atoms with Crippen LogP contribution in [0.4, 0.5) is 0 Å². The molecular weight excluding hydrogens is 306 g/mol. The molecule has 0 amide bonds. The molecule has 0 radical (unpaired) electrons. The minimum Gasteiger partial charge on any atom is -0.469 e. The molecule has 0 bridgehead atoms. The molecule has 0 unspecified atom stereocenters. The maximum absolute atomic E-state index is 5.92.